The van der Waals surface area contributed by atoms with Crippen molar-refractivity contribution in [3.05, 3.63) is 42.7 Å². The molecule has 4 aromatic heterocycles. The number of hydrogen-bond donors (Lipinski definition) is 1. The Morgan fingerprint density at radius 3 is 2.85 bits per heavy atom. The van der Waals surface area contributed by atoms with Crippen LogP contribution >= 0.6 is 0 Å². The van der Waals surface area contributed by atoms with Gasteiger partial charge in [0.25, 0.3) is 0 Å². The molecule has 0 unspecified atom stereocenters. The Balaban J connectivity index is 1.46. The van der Waals surface area contributed by atoms with Gasteiger partial charge in [-0.15, -0.1) is 5.10 Å². The van der Waals surface area contributed by atoms with Crippen LogP contribution in [0.3, 0.4) is 0 Å². The first-order chi connectivity index (χ1) is 13.2. The van der Waals surface area contributed by atoms with Gasteiger partial charge < -0.3 is 10.1 Å². The lowest BCUT2D eigenvalue weighted by Crippen LogP contribution is -2.40. The molecule has 5 rings (SSSR count). The molecule has 0 aromatic carbocycles. The molecule has 138 valence electrons. The van der Waals surface area contributed by atoms with Crippen LogP contribution in [0.5, 0.6) is 0 Å². The number of anilines is 1. The highest BCUT2D eigenvalue weighted by atomic mass is 16.5. The fraction of sp³-hybridized carbons (Fsp3) is 0.368. The van der Waals surface area contributed by atoms with Crippen molar-refractivity contribution in [2.75, 3.05) is 12.4 Å². The van der Waals surface area contributed by atoms with Gasteiger partial charge in [0, 0.05) is 48.6 Å². The van der Waals surface area contributed by atoms with Crippen molar-refractivity contribution in [1.82, 2.24) is 29.0 Å². The lowest BCUT2D eigenvalue weighted by atomic mass is 9.89. The van der Waals surface area contributed by atoms with E-state index in [2.05, 4.69) is 38.5 Å². The maximum absolute atomic E-state index is 5.32. The largest absolute Gasteiger partial charge is 0.381 e. The van der Waals surface area contributed by atoms with Crippen LogP contribution in [-0.2, 0) is 11.2 Å². The Morgan fingerprint density at radius 2 is 2.04 bits per heavy atom. The number of imidazole rings is 1. The van der Waals surface area contributed by atoms with E-state index in [4.69, 9.17) is 4.74 Å². The molecule has 0 atom stereocenters. The molecule has 0 spiro atoms. The molecule has 4 heterocycles. The molecule has 1 aliphatic rings. The van der Waals surface area contributed by atoms with Crippen molar-refractivity contribution in [3.8, 4) is 11.1 Å². The van der Waals surface area contributed by atoms with Crippen LogP contribution < -0.4 is 5.32 Å². The fourth-order valence-electron chi connectivity index (χ4n) is 3.59. The van der Waals surface area contributed by atoms with E-state index in [-0.39, 0.29) is 0 Å². The lowest BCUT2D eigenvalue weighted by molar-refractivity contribution is 0.0326. The molecule has 1 saturated carbocycles. The average Bonchev–Trinajstić information content (AvgIpc) is 3.27. The summed E-state index contributed by atoms with van der Waals surface area (Å²) in [4.78, 5) is 13.3. The summed E-state index contributed by atoms with van der Waals surface area (Å²) in [6, 6.07) is 2.42. The molecule has 0 saturated heterocycles. The molecular weight excluding hydrogens is 342 g/mol. The summed E-state index contributed by atoms with van der Waals surface area (Å²) >= 11 is 0. The van der Waals surface area contributed by atoms with Crippen LogP contribution in [0.2, 0.25) is 0 Å². The van der Waals surface area contributed by atoms with Gasteiger partial charge in [0.2, 0.25) is 11.7 Å². The second kappa shape index (κ2) is 6.31. The number of rotatable bonds is 5. The number of aryl methyl sites for hydroxylation is 1. The third-order valence-corrected chi connectivity index (χ3v) is 5.29. The van der Waals surface area contributed by atoms with Gasteiger partial charge in [-0.2, -0.15) is 0 Å². The molecule has 8 heteroatoms. The van der Waals surface area contributed by atoms with Crippen LogP contribution in [0.25, 0.3) is 22.4 Å². The number of aromatic nitrogens is 6. The van der Waals surface area contributed by atoms with Crippen molar-refractivity contribution in [1.29, 1.82) is 0 Å². The van der Waals surface area contributed by atoms with Gasteiger partial charge >= 0.3 is 0 Å². The second-order valence-electron chi connectivity index (χ2n) is 6.93. The molecule has 1 aliphatic carbocycles. The highest BCUT2D eigenvalue weighted by Crippen LogP contribution is 2.27. The molecule has 0 amide bonds. The minimum atomic E-state index is 0.350. The van der Waals surface area contributed by atoms with Crippen LogP contribution in [-0.4, -0.2) is 48.2 Å². The zero-order chi connectivity index (χ0) is 18.4. The zero-order valence-electron chi connectivity index (χ0n) is 15.3. The monoisotopic (exact) mass is 363 g/mol. The van der Waals surface area contributed by atoms with Crippen LogP contribution in [0.1, 0.15) is 25.5 Å². The highest BCUT2D eigenvalue weighted by Gasteiger charge is 2.29. The number of hydrogen-bond acceptors (Lipinski definition) is 6. The SMILES string of the molecule is CCc1cnc2ncc(-c3ccn4nc(NC5CC(OC)C5)ncc34)cn12. The predicted octanol–water partition coefficient (Wildman–Crippen LogP) is 2.59. The number of fused-ring (bicyclic) bond motifs is 2. The molecule has 4 aromatic rings. The summed E-state index contributed by atoms with van der Waals surface area (Å²) < 4.78 is 9.22. The Hall–Kier alpha value is -3.00. The van der Waals surface area contributed by atoms with E-state index in [9.17, 15) is 0 Å². The van der Waals surface area contributed by atoms with Crippen LogP contribution in [0.15, 0.2) is 37.1 Å². The number of nitrogens with one attached hydrogen (secondary N) is 1. The number of nitrogens with zero attached hydrogens (tertiary/aromatic N) is 6. The summed E-state index contributed by atoms with van der Waals surface area (Å²) in [5.41, 5.74) is 4.16. The molecule has 0 bridgehead atoms. The maximum Gasteiger partial charge on any atom is 0.241 e. The summed E-state index contributed by atoms with van der Waals surface area (Å²) in [5, 5.41) is 7.97. The quantitative estimate of drug-likeness (QED) is 0.587. The molecule has 1 N–H and O–H groups in total. The van der Waals surface area contributed by atoms with Crippen molar-refractivity contribution < 1.29 is 4.74 Å². The first-order valence-electron chi connectivity index (χ1n) is 9.21. The number of methoxy groups -OCH3 is 1. The van der Waals surface area contributed by atoms with Gasteiger partial charge in [0.1, 0.15) is 0 Å². The summed E-state index contributed by atoms with van der Waals surface area (Å²) in [6.45, 7) is 2.11. The standard InChI is InChI=1S/C19H21N7O/c1-3-14-9-22-19-21-8-12(11-25(14)19)16-4-5-26-17(16)10-20-18(24-26)23-13-6-15(7-13)27-2/h4-5,8-11,13,15H,3,6-7H2,1-2H3,(H,23,24). The smallest absolute Gasteiger partial charge is 0.241 e. The summed E-state index contributed by atoms with van der Waals surface area (Å²) in [7, 11) is 1.75. The Kier molecular flexibility index (Phi) is 3.78. The van der Waals surface area contributed by atoms with E-state index in [1.807, 2.05) is 39.8 Å². The van der Waals surface area contributed by atoms with Crippen molar-refractivity contribution in [2.24, 2.45) is 0 Å². The Bertz CT molecular complexity index is 1110. The minimum absolute atomic E-state index is 0.350. The third-order valence-electron chi connectivity index (χ3n) is 5.29. The van der Waals surface area contributed by atoms with E-state index in [0.29, 0.717) is 18.1 Å². The van der Waals surface area contributed by atoms with Crippen molar-refractivity contribution in [3.63, 3.8) is 0 Å². The summed E-state index contributed by atoms with van der Waals surface area (Å²) in [6.07, 6.45) is 12.9. The van der Waals surface area contributed by atoms with Gasteiger partial charge in [0.05, 0.1) is 24.0 Å². The minimum Gasteiger partial charge on any atom is -0.381 e. The average molecular weight is 363 g/mol. The van der Waals surface area contributed by atoms with Gasteiger partial charge in [-0.1, -0.05) is 6.92 Å². The van der Waals surface area contributed by atoms with E-state index >= 15 is 0 Å². The van der Waals surface area contributed by atoms with Crippen LogP contribution in [0.4, 0.5) is 5.95 Å². The fourth-order valence-corrected chi connectivity index (χ4v) is 3.59. The molecule has 0 radical (unpaired) electrons. The second-order valence-corrected chi connectivity index (χ2v) is 6.93. The highest BCUT2D eigenvalue weighted by molar-refractivity contribution is 5.79. The van der Waals surface area contributed by atoms with E-state index in [1.165, 1.54) is 0 Å². The van der Waals surface area contributed by atoms with Crippen molar-refractivity contribution in [2.45, 2.75) is 38.3 Å². The van der Waals surface area contributed by atoms with Gasteiger partial charge in [0.15, 0.2) is 0 Å². The molecule has 27 heavy (non-hydrogen) atoms. The maximum atomic E-state index is 5.32. The van der Waals surface area contributed by atoms with Gasteiger partial charge in [-0.05, 0) is 25.3 Å². The topological polar surface area (TPSA) is 81.6 Å². The molecule has 8 nitrogen and oxygen atoms in total. The number of ether oxygens (including phenoxy) is 1. The molecule has 0 aliphatic heterocycles. The van der Waals surface area contributed by atoms with E-state index in [1.54, 1.807) is 7.11 Å². The molecular formula is C19H21N7O. The van der Waals surface area contributed by atoms with E-state index in [0.717, 1.165) is 47.4 Å². The lowest BCUT2D eigenvalue weighted by Gasteiger charge is -2.34. The Labute approximate surface area is 156 Å². The summed E-state index contributed by atoms with van der Waals surface area (Å²) in [5.74, 6) is 1.36. The van der Waals surface area contributed by atoms with Crippen LogP contribution in [0, 0.1) is 0 Å². The van der Waals surface area contributed by atoms with E-state index < -0.39 is 0 Å². The van der Waals surface area contributed by atoms with Crippen molar-refractivity contribution >= 4 is 17.2 Å². The first-order valence-corrected chi connectivity index (χ1v) is 9.21. The predicted molar refractivity (Wildman–Crippen MR) is 102 cm³/mol. The van der Waals surface area contributed by atoms with Gasteiger partial charge in [-0.3, -0.25) is 4.40 Å². The van der Waals surface area contributed by atoms with Gasteiger partial charge in [-0.25, -0.2) is 19.5 Å². The normalized spacial score (nSPS) is 19.5. The Morgan fingerprint density at radius 1 is 1.19 bits per heavy atom. The first kappa shape index (κ1) is 16.2. The molecule has 1 fully saturated rings. The zero-order valence-corrected chi connectivity index (χ0v) is 15.3. The third kappa shape index (κ3) is 2.73.